The minimum atomic E-state index is -0.177. The number of nitrogens with one attached hydrogen (secondary N) is 1. The van der Waals surface area contributed by atoms with Crippen molar-refractivity contribution in [3.8, 4) is 0 Å². The van der Waals surface area contributed by atoms with Crippen molar-refractivity contribution in [2.24, 2.45) is 13.0 Å². The number of aryl methyl sites for hydroxylation is 1. The smallest absolute Gasteiger partial charge is 0.309 e. The number of hydrogen-bond acceptors (Lipinski definition) is 4. The Morgan fingerprint density at radius 2 is 2.26 bits per heavy atom. The molecule has 1 heterocycles. The van der Waals surface area contributed by atoms with Gasteiger partial charge >= 0.3 is 5.97 Å². The van der Waals surface area contributed by atoms with Crippen molar-refractivity contribution in [3.05, 3.63) is 47.8 Å². The maximum Gasteiger partial charge on any atom is 0.309 e. The molecule has 23 heavy (non-hydrogen) atoms. The molecule has 1 aliphatic rings. The molecule has 6 nitrogen and oxygen atoms in total. The Kier molecular flexibility index (Phi) is 4.14. The van der Waals surface area contributed by atoms with Crippen molar-refractivity contribution in [1.82, 2.24) is 9.78 Å². The molecule has 120 valence electrons. The Morgan fingerprint density at radius 3 is 2.96 bits per heavy atom. The Bertz CT molecular complexity index is 738. The summed E-state index contributed by atoms with van der Waals surface area (Å²) in [6, 6.07) is 7.29. The number of ether oxygens (including phenoxy) is 1. The van der Waals surface area contributed by atoms with Gasteiger partial charge in [-0.25, -0.2) is 0 Å². The zero-order valence-corrected chi connectivity index (χ0v) is 13.2. The molecule has 1 aliphatic carbocycles. The summed E-state index contributed by atoms with van der Waals surface area (Å²) in [4.78, 5) is 23.2. The van der Waals surface area contributed by atoms with Crippen molar-refractivity contribution in [2.45, 2.75) is 25.9 Å². The van der Waals surface area contributed by atoms with Crippen LogP contribution in [0.15, 0.2) is 36.7 Å². The van der Waals surface area contributed by atoms with Crippen LogP contribution < -0.4 is 5.32 Å². The van der Waals surface area contributed by atoms with Crippen molar-refractivity contribution in [1.29, 1.82) is 0 Å². The summed E-state index contributed by atoms with van der Waals surface area (Å²) in [7, 11) is 1.86. The van der Waals surface area contributed by atoms with Gasteiger partial charge in [0.05, 0.1) is 12.1 Å². The number of benzene rings is 1. The third-order valence-corrected chi connectivity index (χ3v) is 3.87. The molecule has 3 rings (SSSR count). The van der Waals surface area contributed by atoms with Gasteiger partial charge in [-0.1, -0.05) is 12.1 Å². The average molecular weight is 313 g/mol. The average Bonchev–Trinajstić information content (AvgIpc) is 3.19. The molecule has 0 unspecified atom stereocenters. The van der Waals surface area contributed by atoms with Crippen LogP contribution in [-0.2, 0) is 28.0 Å². The molecular weight excluding hydrogens is 294 g/mol. The number of rotatable bonds is 5. The third kappa shape index (κ3) is 3.77. The van der Waals surface area contributed by atoms with Crippen molar-refractivity contribution in [3.63, 3.8) is 0 Å². The molecule has 0 saturated heterocycles. The predicted octanol–water partition coefficient (Wildman–Crippen LogP) is 2.23. The number of carbonyl (C=O) groups excluding carboxylic acids is 2. The molecule has 1 N–H and O–H groups in total. The summed E-state index contributed by atoms with van der Waals surface area (Å²) in [5.41, 5.74) is 2.64. The summed E-state index contributed by atoms with van der Waals surface area (Å²) in [5, 5.41) is 6.84. The van der Waals surface area contributed by atoms with Crippen molar-refractivity contribution < 1.29 is 14.3 Å². The number of esters is 1. The molecule has 2 atom stereocenters. The highest BCUT2D eigenvalue weighted by molar-refractivity contribution is 5.88. The van der Waals surface area contributed by atoms with Gasteiger partial charge in [-0.05, 0) is 29.7 Å². The summed E-state index contributed by atoms with van der Waals surface area (Å²) in [5.74, 6) is -0.153. The Hall–Kier alpha value is -2.63. The third-order valence-electron chi connectivity index (χ3n) is 3.87. The van der Waals surface area contributed by atoms with Crippen LogP contribution >= 0.6 is 0 Å². The molecule has 6 heteroatoms. The molecule has 0 spiro atoms. The highest BCUT2D eigenvalue weighted by Crippen LogP contribution is 2.48. The maximum absolute atomic E-state index is 12.1. The minimum Gasteiger partial charge on any atom is -0.461 e. The van der Waals surface area contributed by atoms with Crippen LogP contribution in [0.1, 0.15) is 30.4 Å². The van der Waals surface area contributed by atoms with E-state index >= 15 is 0 Å². The quantitative estimate of drug-likeness (QED) is 0.859. The van der Waals surface area contributed by atoms with E-state index in [-0.39, 0.29) is 30.3 Å². The van der Waals surface area contributed by atoms with E-state index < -0.39 is 0 Å². The van der Waals surface area contributed by atoms with E-state index in [0.717, 1.165) is 17.5 Å². The summed E-state index contributed by atoms with van der Waals surface area (Å²) < 4.78 is 7.13. The van der Waals surface area contributed by atoms with E-state index in [1.807, 2.05) is 25.4 Å². The van der Waals surface area contributed by atoms with E-state index in [1.165, 1.54) is 6.92 Å². The fourth-order valence-electron chi connectivity index (χ4n) is 2.66. The Morgan fingerprint density at radius 1 is 1.43 bits per heavy atom. The summed E-state index contributed by atoms with van der Waals surface area (Å²) >= 11 is 0. The van der Waals surface area contributed by atoms with Crippen LogP contribution in [0.4, 0.5) is 5.69 Å². The first kappa shape index (κ1) is 15.3. The fourth-order valence-corrected chi connectivity index (χ4v) is 2.66. The molecule has 0 radical (unpaired) electrons. The molecule has 1 saturated carbocycles. The standard InChI is InChI=1S/C17H19N3O3/c1-11(21)19-14-5-3-4-12(6-14)10-23-17(22)16-7-15(16)13-8-18-20(2)9-13/h3-6,8-9,15-16H,7,10H2,1-2H3,(H,19,21)/t15-,16+/m0/s1. The molecule has 0 aliphatic heterocycles. The summed E-state index contributed by atoms with van der Waals surface area (Å²) in [6.45, 7) is 1.67. The Balaban J connectivity index is 1.53. The monoisotopic (exact) mass is 313 g/mol. The first-order chi connectivity index (χ1) is 11.0. The lowest BCUT2D eigenvalue weighted by molar-refractivity contribution is -0.146. The SMILES string of the molecule is CC(=O)Nc1cccc(COC(=O)[C@@H]2C[C@H]2c2cnn(C)c2)c1. The second-order valence-corrected chi connectivity index (χ2v) is 5.89. The number of carbonyl (C=O) groups is 2. The number of anilines is 1. The largest absolute Gasteiger partial charge is 0.461 e. The van der Waals surface area contributed by atoms with Gasteiger partial charge in [0, 0.05) is 31.8 Å². The van der Waals surface area contributed by atoms with Gasteiger partial charge in [0.1, 0.15) is 6.61 Å². The lowest BCUT2D eigenvalue weighted by Gasteiger charge is -2.07. The van der Waals surface area contributed by atoms with Gasteiger partial charge < -0.3 is 10.1 Å². The number of hydrogen-bond donors (Lipinski definition) is 1. The minimum absolute atomic E-state index is 0.0715. The molecule has 0 bridgehead atoms. The van der Waals surface area contributed by atoms with Gasteiger partial charge in [-0.15, -0.1) is 0 Å². The van der Waals surface area contributed by atoms with Crippen LogP contribution in [0.2, 0.25) is 0 Å². The second-order valence-electron chi connectivity index (χ2n) is 5.89. The van der Waals surface area contributed by atoms with Crippen molar-refractivity contribution in [2.75, 3.05) is 5.32 Å². The highest BCUT2D eigenvalue weighted by Gasteiger charge is 2.45. The molecule has 1 aromatic carbocycles. The van der Waals surface area contributed by atoms with Crippen LogP contribution in [-0.4, -0.2) is 21.7 Å². The van der Waals surface area contributed by atoms with E-state index in [1.54, 1.807) is 23.0 Å². The highest BCUT2D eigenvalue weighted by atomic mass is 16.5. The Labute approximate surface area is 134 Å². The van der Waals surface area contributed by atoms with E-state index in [2.05, 4.69) is 10.4 Å². The van der Waals surface area contributed by atoms with Gasteiger partial charge in [0.25, 0.3) is 0 Å². The van der Waals surface area contributed by atoms with E-state index in [0.29, 0.717) is 5.69 Å². The normalized spacial score (nSPS) is 19.2. The fraction of sp³-hybridized carbons (Fsp3) is 0.353. The lowest BCUT2D eigenvalue weighted by Crippen LogP contribution is -2.09. The maximum atomic E-state index is 12.1. The van der Waals surface area contributed by atoms with Gasteiger partial charge in [0.15, 0.2) is 0 Å². The van der Waals surface area contributed by atoms with Crippen LogP contribution in [0.25, 0.3) is 0 Å². The first-order valence-electron chi connectivity index (χ1n) is 7.54. The molecular formula is C17H19N3O3. The van der Waals surface area contributed by atoms with Gasteiger partial charge in [-0.3, -0.25) is 14.3 Å². The number of amides is 1. The summed E-state index contributed by atoms with van der Waals surface area (Å²) in [6.07, 6.45) is 4.56. The zero-order chi connectivity index (χ0) is 16.4. The number of aromatic nitrogens is 2. The molecule has 2 aromatic rings. The van der Waals surface area contributed by atoms with Crippen LogP contribution in [0, 0.1) is 5.92 Å². The lowest BCUT2D eigenvalue weighted by atomic mass is 10.2. The molecule has 1 aromatic heterocycles. The van der Waals surface area contributed by atoms with Crippen LogP contribution in [0.5, 0.6) is 0 Å². The van der Waals surface area contributed by atoms with Crippen LogP contribution in [0.3, 0.4) is 0 Å². The number of nitrogens with zero attached hydrogens (tertiary/aromatic N) is 2. The van der Waals surface area contributed by atoms with E-state index in [4.69, 9.17) is 4.74 Å². The van der Waals surface area contributed by atoms with E-state index in [9.17, 15) is 9.59 Å². The second kappa shape index (κ2) is 6.24. The van der Waals surface area contributed by atoms with Gasteiger partial charge in [-0.2, -0.15) is 5.10 Å². The first-order valence-corrected chi connectivity index (χ1v) is 7.54. The van der Waals surface area contributed by atoms with Gasteiger partial charge in [0.2, 0.25) is 5.91 Å². The predicted molar refractivity (Wildman–Crippen MR) is 84.6 cm³/mol. The zero-order valence-electron chi connectivity index (χ0n) is 13.2. The molecule has 1 fully saturated rings. The molecule has 1 amide bonds. The topological polar surface area (TPSA) is 73.2 Å². The van der Waals surface area contributed by atoms with Crippen molar-refractivity contribution >= 4 is 17.6 Å².